The van der Waals surface area contributed by atoms with Gasteiger partial charge in [-0.3, -0.25) is 0 Å². The summed E-state index contributed by atoms with van der Waals surface area (Å²) in [7, 11) is 1.99. The third-order valence-corrected chi connectivity index (χ3v) is 1.15. The Bertz CT molecular complexity index is 116. The summed E-state index contributed by atoms with van der Waals surface area (Å²) in [5.41, 5.74) is 0.986. The van der Waals surface area contributed by atoms with Crippen LogP contribution in [0, 0.1) is 5.41 Å². The highest BCUT2D eigenvalue weighted by molar-refractivity contribution is 5.74. The van der Waals surface area contributed by atoms with Crippen LogP contribution in [0.2, 0.25) is 0 Å². The minimum Gasteiger partial charge on any atom is -0.380 e. The second-order valence-electron chi connectivity index (χ2n) is 2.09. The second kappa shape index (κ2) is 4.13. The Balaban J connectivity index is 3.78. The van der Waals surface area contributed by atoms with Gasteiger partial charge in [0.25, 0.3) is 0 Å². The van der Waals surface area contributed by atoms with Gasteiger partial charge in [-0.1, -0.05) is 0 Å². The highest BCUT2D eigenvalue weighted by atomic mass is 15.1. The molecular weight excluding hydrogens is 112 g/mol. The molecule has 0 spiro atoms. The van der Waals surface area contributed by atoms with Gasteiger partial charge in [-0.2, -0.15) is 0 Å². The molecular formula is C7H14N2. The highest BCUT2D eigenvalue weighted by Crippen LogP contribution is 1.89. The molecule has 0 heterocycles. The summed E-state index contributed by atoms with van der Waals surface area (Å²) in [5.74, 6) is 0. The molecule has 0 radical (unpaired) electrons. The van der Waals surface area contributed by atoms with Crippen molar-refractivity contribution < 1.29 is 0 Å². The molecule has 0 aliphatic rings. The Morgan fingerprint density at radius 3 is 2.56 bits per heavy atom. The van der Waals surface area contributed by atoms with Gasteiger partial charge in [0, 0.05) is 26.0 Å². The SMILES string of the molecule is CCN(C)/C=C(/C)C=N. The van der Waals surface area contributed by atoms with Crippen LogP contribution in [-0.2, 0) is 0 Å². The van der Waals surface area contributed by atoms with E-state index < -0.39 is 0 Å². The van der Waals surface area contributed by atoms with Gasteiger partial charge in [-0.05, 0) is 19.4 Å². The maximum Gasteiger partial charge on any atom is 0.0221 e. The van der Waals surface area contributed by atoms with Crippen LogP contribution < -0.4 is 0 Å². The zero-order valence-electron chi connectivity index (χ0n) is 6.31. The summed E-state index contributed by atoms with van der Waals surface area (Å²) in [6, 6.07) is 0. The minimum atomic E-state index is 0.986. The average molecular weight is 126 g/mol. The molecule has 0 atom stereocenters. The molecule has 2 heteroatoms. The van der Waals surface area contributed by atoms with Gasteiger partial charge in [0.15, 0.2) is 0 Å². The fourth-order valence-corrected chi connectivity index (χ4v) is 0.476. The average Bonchev–Trinajstić information content (AvgIpc) is 1.87. The van der Waals surface area contributed by atoms with E-state index in [0.717, 1.165) is 12.1 Å². The molecule has 1 N–H and O–H groups in total. The summed E-state index contributed by atoms with van der Waals surface area (Å²) in [6.07, 6.45) is 3.30. The van der Waals surface area contributed by atoms with Gasteiger partial charge in [0.1, 0.15) is 0 Å². The predicted molar refractivity (Wildman–Crippen MR) is 40.8 cm³/mol. The van der Waals surface area contributed by atoms with Crippen molar-refractivity contribution in [2.45, 2.75) is 13.8 Å². The lowest BCUT2D eigenvalue weighted by atomic mass is 10.3. The molecule has 0 aromatic heterocycles. The number of nitrogens with zero attached hydrogens (tertiary/aromatic N) is 1. The molecule has 52 valence electrons. The lowest BCUT2D eigenvalue weighted by Crippen LogP contribution is -2.09. The van der Waals surface area contributed by atoms with Crippen LogP contribution in [0.25, 0.3) is 0 Å². The maximum atomic E-state index is 6.86. The van der Waals surface area contributed by atoms with Gasteiger partial charge in [-0.15, -0.1) is 0 Å². The Morgan fingerprint density at radius 1 is 1.67 bits per heavy atom. The Labute approximate surface area is 56.7 Å². The van der Waals surface area contributed by atoms with E-state index in [1.807, 2.05) is 25.1 Å². The van der Waals surface area contributed by atoms with Crippen molar-refractivity contribution in [3.63, 3.8) is 0 Å². The second-order valence-corrected chi connectivity index (χ2v) is 2.09. The standard InChI is InChI=1S/C7H14N2/c1-4-9(3)6-7(2)5-8/h5-6,8H,4H2,1-3H3/b7-6-,8-5?. The van der Waals surface area contributed by atoms with E-state index in [-0.39, 0.29) is 0 Å². The normalized spacial score (nSPS) is 11.2. The smallest absolute Gasteiger partial charge is 0.0221 e. The fourth-order valence-electron chi connectivity index (χ4n) is 0.476. The quantitative estimate of drug-likeness (QED) is 0.570. The van der Waals surface area contributed by atoms with Crippen molar-refractivity contribution in [2.24, 2.45) is 0 Å². The first-order valence-electron chi connectivity index (χ1n) is 3.09. The molecule has 0 aromatic carbocycles. The number of nitrogens with one attached hydrogen (secondary N) is 1. The van der Waals surface area contributed by atoms with Crippen molar-refractivity contribution in [2.75, 3.05) is 13.6 Å². The van der Waals surface area contributed by atoms with Crippen molar-refractivity contribution in [1.82, 2.24) is 4.90 Å². The van der Waals surface area contributed by atoms with E-state index >= 15 is 0 Å². The number of rotatable bonds is 3. The number of allylic oxidation sites excluding steroid dienone is 1. The maximum absolute atomic E-state index is 6.86. The summed E-state index contributed by atoms with van der Waals surface area (Å²) in [4.78, 5) is 2.04. The topological polar surface area (TPSA) is 27.1 Å². The van der Waals surface area contributed by atoms with Crippen molar-refractivity contribution in [1.29, 1.82) is 5.41 Å². The minimum absolute atomic E-state index is 0.986. The monoisotopic (exact) mass is 126 g/mol. The van der Waals surface area contributed by atoms with Gasteiger partial charge >= 0.3 is 0 Å². The van der Waals surface area contributed by atoms with Gasteiger partial charge in [-0.25, -0.2) is 0 Å². The first-order chi connectivity index (χ1) is 4.20. The largest absolute Gasteiger partial charge is 0.380 e. The summed E-state index contributed by atoms with van der Waals surface area (Å²) in [6.45, 7) is 4.98. The molecule has 0 amide bonds. The summed E-state index contributed by atoms with van der Waals surface area (Å²) < 4.78 is 0. The molecule has 0 aromatic rings. The Hall–Kier alpha value is -0.790. The van der Waals surface area contributed by atoms with Crippen LogP contribution in [0.1, 0.15) is 13.8 Å². The van der Waals surface area contributed by atoms with Crippen molar-refractivity contribution >= 4 is 6.21 Å². The molecule has 9 heavy (non-hydrogen) atoms. The molecule has 0 saturated carbocycles. The molecule has 0 aliphatic heterocycles. The molecule has 0 bridgehead atoms. The van der Waals surface area contributed by atoms with E-state index in [1.165, 1.54) is 6.21 Å². The molecule has 0 unspecified atom stereocenters. The van der Waals surface area contributed by atoms with Crippen LogP contribution in [0.4, 0.5) is 0 Å². The third-order valence-electron chi connectivity index (χ3n) is 1.15. The molecule has 0 fully saturated rings. The van der Waals surface area contributed by atoms with E-state index in [4.69, 9.17) is 5.41 Å². The highest BCUT2D eigenvalue weighted by Gasteiger charge is 1.84. The van der Waals surface area contributed by atoms with E-state index in [0.29, 0.717) is 0 Å². The van der Waals surface area contributed by atoms with E-state index in [1.54, 1.807) is 0 Å². The predicted octanol–water partition coefficient (Wildman–Crippen LogP) is 1.49. The van der Waals surface area contributed by atoms with Crippen LogP contribution in [0.15, 0.2) is 11.8 Å². The van der Waals surface area contributed by atoms with Gasteiger partial charge < -0.3 is 10.3 Å². The summed E-state index contributed by atoms with van der Waals surface area (Å²) in [5, 5.41) is 6.86. The van der Waals surface area contributed by atoms with Crippen LogP contribution in [-0.4, -0.2) is 24.7 Å². The molecule has 2 nitrogen and oxygen atoms in total. The molecule has 0 saturated heterocycles. The lowest BCUT2D eigenvalue weighted by Gasteiger charge is -2.09. The van der Waals surface area contributed by atoms with E-state index in [2.05, 4.69) is 6.92 Å². The van der Waals surface area contributed by atoms with Gasteiger partial charge in [0.05, 0.1) is 0 Å². The van der Waals surface area contributed by atoms with E-state index in [9.17, 15) is 0 Å². The van der Waals surface area contributed by atoms with Gasteiger partial charge in [0.2, 0.25) is 0 Å². The zero-order chi connectivity index (χ0) is 7.28. The van der Waals surface area contributed by atoms with Crippen LogP contribution in [0.5, 0.6) is 0 Å². The number of hydrogen-bond acceptors (Lipinski definition) is 2. The lowest BCUT2D eigenvalue weighted by molar-refractivity contribution is 0.482. The fraction of sp³-hybridized carbons (Fsp3) is 0.571. The number of hydrogen-bond donors (Lipinski definition) is 1. The summed E-state index contributed by atoms with van der Waals surface area (Å²) >= 11 is 0. The Kier molecular flexibility index (Phi) is 3.76. The zero-order valence-corrected chi connectivity index (χ0v) is 6.31. The van der Waals surface area contributed by atoms with Crippen LogP contribution in [0.3, 0.4) is 0 Å². The first-order valence-corrected chi connectivity index (χ1v) is 3.09. The van der Waals surface area contributed by atoms with Crippen molar-refractivity contribution in [3.05, 3.63) is 11.8 Å². The van der Waals surface area contributed by atoms with Crippen molar-refractivity contribution in [3.8, 4) is 0 Å². The first kappa shape index (κ1) is 8.21. The van der Waals surface area contributed by atoms with Crippen LogP contribution >= 0.6 is 0 Å². The Morgan fingerprint density at radius 2 is 2.22 bits per heavy atom. The third kappa shape index (κ3) is 3.76. The molecule has 0 rings (SSSR count). The molecule has 0 aliphatic carbocycles.